The first kappa shape index (κ1) is 13.1. The summed E-state index contributed by atoms with van der Waals surface area (Å²) in [6, 6.07) is 0.839. The molecular formula is C14H23N3O2. The van der Waals surface area contributed by atoms with Crippen LogP contribution in [0.4, 0.5) is 0 Å². The predicted molar refractivity (Wildman–Crippen MR) is 71.9 cm³/mol. The molecule has 0 unspecified atom stereocenters. The fourth-order valence-electron chi connectivity index (χ4n) is 3.02. The first-order chi connectivity index (χ1) is 9.22. The van der Waals surface area contributed by atoms with Gasteiger partial charge in [-0.2, -0.15) is 0 Å². The molecule has 0 bridgehead atoms. The predicted octanol–water partition coefficient (Wildman–Crippen LogP) is -0.0421. The number of piperidine rings is 1. The van der Waals surface area contributed by atoms with E-state index >= 15 is 0 Å². The second kappa shape index (κ2) is 5.59. The summed E-state index contributed by atoms with van der Waals surface area (Å²) >= 11 is 0. The summed E-state index contributed by atoms with van der Waals surface area (Å²) in [4.78, 5) is 30.0. The molecule has 0 atom stereocenters. The third kappa shape index (κ3) is 3.34. The van der Waals surface area contributed by atoms with Crippen molar-refractivity contribution in [2.45, 2.75) is 31.7 Å². The monoisotopic (exact) mass is 265 g/mol. The molecule has 2 heterocycles. The highest BCUT2D eigenvalue weighted by atomic mass is 16.2. The van der Waals surface area contributed by atoms with E-state index in [0.717, 1.165) is 32.2 Å². The first-order valence-corrected chi connectivity index (χ1v) is 7.48. The van der Waals surface area contributed by atoms with E-state index in [2.05, 4.69) is 9.80 Å². The number of rotatable bonds is 3. The molecule has 106 valence electrons. The van der Waals surface area contributed by atoms with Crippen LogP contribution in [-0.4, -0.2) is 78.2 Å². The van der Waals surface area contributed by atoms with E-state index in [1.807, 2.05) is 4.90 Å². The van der Waals surface area contributed by atoms with E-state index in [-0.39, 0.29) is 5.91 Å². The van der Waals surface area contributed by atoms with E-state index in [1.54, 1.807) is 0 Å². The van der Waals surface area contributed by atoms with E-state index in [9.17, 15) is 9.59 Å². The SMILES string of the molecule is O=C1CCN(C(=O)CN2CCN(C3CC3)CC2)CC1. The van der Waals surface area contributed by atoms with Crippen LogP contribution >= 0.6 is 0 Å². The number of carbonyl (C=O) groups is 2. The number of nitrogens with zero attached hydrogens (tertiary/aromatic N) is 3. The lowest BCUT2D eigenvalue weighted by atomic mass is 10.1. The van der Waals surface area contributed by atoms with Gasteiger partial charge in [-0.3, -0.25) is 19.4 Å². The number of likely N-dealkylation sites (tertiary alicyclic amines) is 1. The van der Waals surface area contributed by atoms with Crippen molar-refractivity contribution in [2.75, 3.05) is 45.8 Å². The van der Waals surface area contributed by atoms with Gasteiger partial charge in [0.15, 0.2) is 0 Å². The molecule has 5 heteroatoms. The van der Waals surface area contributed by atoms with E-state index in [4.69, 9.17) is 0 Å². The van der Waals surface area contributed by atoms with Gasteiger partial charge in [-0.15, -0.1) is 0 Å². The Morgan fingerprint density at radius 2 is 1.63 bits per heavy atom. The number of piperazine rings is 1. The van der Waals surface area contributed by atoms with Gasteiger partial charge in [0.1, 0.15) is 5.78 Å². The van der Waals surface area contributed by atoms with Crippen molar-refractivity contribution in [3.63, 3.8) is 0 Å². The minimum atomic E-state index is 0.201. The van der Waals surface area contributed by atoms with Gasteiger partial charge >= 0.3 is 0 Å². The van der Waals surface area contributed by atoms with Crippen molar-refractivity contribution in [2.24, 2.45) is 0 Å². The average Bonchev–Trinajstić information content (AvgIpc) is 3.25. The van der Waals surface area contributed by atoms with Crippen LogP contribution in [-0.2, 0) is 9.59 Å². The van der Waals surface area contributed by atoms with Crippen LogP contribution in [0, 0.1) is 0 Å². The fourth-order valence-corrected chi connectivity index (χ4v) is 3.02. The van der Waals surface area contributed by atoms with Crippen molar-refractivity contribution in [3.05, 3.63) is 0 Å². The van der Waals surface area contributed by atoms with Crippen LogP contribution in [0.1, 0.15) is 25.7 Å². The molecule has 0 aromatic rings. The molecule has 5 nitrogen and oxygen atoms in total. The Bertz CT molecular complexity index is 350. The Balaban J connectivity index is 1.41. The van der Waals surface area contributed by atoms with Crippen LogP contribution in [0.3, 0.4) is 0 Å². The summed E-state index contributed by atoms with van der Waals surface area (Å²) in [5.41, 5.74) is 0. The summed E-state index contributed by atoms with van der Waals surface area (Å²) in [5, 5.41) is 0. The lowest BCUT2D eigenvalue weighted by Gasteiger charge is -2.36. The molecule has 19 heavy (non-hydrogen) atoms. The van der Waals surface area contributed by atoms with E-state index in [1.165, 1.54) is 12.8 Å². The van der Waals surface area contributed by atoms with Gasteiger partial charge in [-0.25, -0.2) is 0 Å². The molecule has 0 N–H and O–H groups in total. The van der Waals surface area contributed by atoms with Crippen LogP contribution in [0.15, 0.2) is 0 Å². The standard InChI is InChI=1S/C14H23N3O2/c18-13-3-5-17(6-4-13)14(19)11-15-7-9-16(10-8-15)12-1-2-12/h12H,1-11H2. The van der Waals surface area contributed by atoms with Crippen LogP contribution in [0.5, 0.6) is 0 Å². The van der Waals surface area contributed by atoms with Crippen molar-refractivity contribution in [1.82, 2.24) is 14.7 Å². The number of amides is 1. The Morgan fingerprint density at radius 3 is 2.21 bits per heavy atom. The van der Waals surface area contributed by atoms with Crippen molar-refractivity contribution >= 4 is 11.7 Å². The Kier molecular flexibility index (Phi) is 3.84. The van der Waals surface area contributed by atoms with Gasteiger partial charge in [0, 0.05) is 58.2 Å². The highest BCUT2D eigenvalue weighted by Crippen LogP contribution is 2.27. The Hall–Kier alpha value is -0.940. The summed E-state index contributed by atoms with van der Waals surface area (Å²) < 4.78 is 0. The van der Waals surface area contributed by atoms with Gasteiger partial charge in [0.05, 0.1) is 6.54 Å². The second-order valence-electron chi connectivity index (χ2n) is 5.96. The quantitative estimate of drug-likeness (QED) is 0.718. The van der Waals surface area contributed by atoms with E-state index in [0.29, 0.717) is 38.3 Å². The van der Waals surface area contributed by atoms with Gasteiger partial charge in [0.25, 0.3) is 0 Å². The maximum absolute atomic E-state index is 12.2. The third-order valence-electron chi connectivity index (χ3n) is 4.50. The summed E-state index contributed by atoms with van der Waals surface area (Å²) in [6.07, 6.45) is 3.81. The largest absolute Gasteiger partial charge is 0.341 e. The van der Waals surface area contributed by atoms with Gasteiger partial charge in [-0.1, -0.05) is 0 Å². The molecule has 0 spiro atoms. The molecule has 0 aromatic carbocycles. The molecule has 1 amide bonds. The zero-order valence-electron chi connectivity index (χ0n) is 11.5. The molecule has 0 radical (unpaired) electrons. The summed E-state index contributed by atoms with van der Waals surface area (Å²) in [7, 11) is 0. The molecule has 1 aliphatic carbocycles. The molecule has 1 saturated carbocycles. The zero-order valence-corrected chi connectivity index (χ0v) is 11.5. The van der Waals surface area contributed by atoms with E-state index < -0.39 is 0 Å². The van der Waals surface area contributed by atoms with Crippen molar-refractivity contribution < 1.29 is 9.59 Å². The maximum atomic E-state index is 12.2. The van der Waals surface area contributed by atoms with Crippen LogP contribution in [0.25, 0.3) is 0 Å². The summed E-state index contributed by atoms with van der Waals surface area (Å²) in [5.74, 6) is 0.495. The van der Waals surface area contributed by atoms with Crippen molar-refractivity contribution in [3.8, 4) is 0 Å². The topological polar surface area (TPSA) is 43.9 Å². The molecular weight excluding hydrogens is 242 g/mol. The number of carbonyl (C=O) groups excluding carboxylic acids is 2. The third-order valence-corrected chi connectivity index (χ3v) is 4.50. The number of hydrogen-bond donors (Lipinski definition) is 0. The molecule has 3 fully saturated rings. The molecule has 2 saturated heterocycles. The lowest BCUT2D eigenvalue weighted by molar-refractivity contribution is -0.135. The van der Waals surface area contributed by atoms with Crippen LogP contribution < -0.4 is 0 Å². The Morgan fingerprint density at radius 1 is 1.00 bits per heavy atom. The molecule has 2 aliphatic heterocycles. The van der Waals surface area contributed by atoms with Crippen molar-refractivity contribution in [1.29, 1.82) is 0 Å². The highest BCUT2D eigenvalue weighted by molar-refractivity contribution is 5.84. The zero-order chi connectivity index (χ0) is 13.2. The molecule has 3 rings (SSSR count). The molecule has 3 aliphatic rings. The molecule has 0 aromatic heterocycles. The first-order valence-electron chi connectivity index (χ1n) is 7.48. The maximum Gasteiger partial charge on any atom is 0.236 e. The van der Waals surface area contributed by atoms with Gasteiger partial charge < -0.3 is 4.90 Å². The second-order valence-corrected chi connectivity index (χ2v) is 5.96. The summed E-state index contributed by atoms with van der Waals surface area (Å²) in [6.45, 7) is 6.02. The minimum Gasteiger partial charge on any atom is -0.341 e. The highest BCUT2D eigenvalue weighted by Gasteiger charge is 2.32. The minimum absolute atomic E-state index is 0.201. The smallest absolute Gasteiger partial charge is 0.236 e. The normalized spacial score (nSPS) is 26.7. The average molecular weight is 265 g/mol. The van der Waals surface area contributed by atoms with Gasteiger partial charge in [0.2, 0.25) is 5.91 Å². The fraction of sp³-hybridized carbons (Fsp3) is 0.857. The van der Waals surface area contributed by atoms with Gasteiger partial charge in [-0.05, 0) is 12.8 Å². The Labute approximate surface area is 114 Å². The van der Waals surface area contributed by atoms with Crippen LogP contribution in [0.2, 0.25) is 0 Å². The number of hydrogen-bond acceptors (Lipinski definition) is 4. The number of Topliss-reactive ketones (excluding diaryl/α,β-unsaturated/α-hetero) is 1. The number of ketones is 1. The lowest BCUT2D eigenvalue weighted by Crippen LogP contribution is -2.51.